The van der Waals surface area contributed by atoms with Crippen LogP contribution >= 0.6 is 0 Å². The minimum Gasteiger partial charge on any atom is -0.305 e. The maximum absolute atomic E-state index is 9.89. The average molecular weight is 124 g/mol. The Bertz CT molecular complexity index is 172. The first-order valence-electron chi connectivity index (χ1n) is 2.94. The summed E-state index contributed by atoms with van der Waals surface area (Å²) in [4.78, 5) is 9.89. The second-order valence-electron chi connectivity index (χ2n) is 2.11. The third kappa shape index (κ3) is 1.45. The van der Waals surface area contributed by atoms with E-state index in [0.717, 1.165) is 19.3 Å². The average Bonchev–Trinajstić information content (AvgIpc) is 1.88. The van der Waals surface area contributed by atoms with Gasteiger partial charge in [0.15, 0.2) is 0 Å². The van der Waals surface area contributed by atoms with Crippen LogP contribution in [0.1, 0.15) is 19.3 Å². The largest absolute Gasteiger partial charge is 0.305 e. The summed E-state index contributed by atoms with van der Waals surface area (Å²) >= 11 is 0. The highest BCUT2D eigenvalue weighted by molar-refractivity contribution is 5.93. The van der Waals surface area contributed by atoms with E-state index in [1.807, 2.05) is 0 Å². The first-order valence-corrected chi connectivity index (χ1v) is 2.94. The molecular formula is C6H8N2O. The van der Waals surface area contributed by atoms with Crippen LogP contribution in [0.25, 0.3) is 0 Å². The molecule has 0 unspecified atom stereocenters. The summed E-state index contributed by atoms with van der Waals surface area (Å²) in [6.45, 7) is 0. The normalized spacial score (nSPS) is 19.1. The van der Waals surface area contributed by atoms with Crippen molar-refractivity contribution < 1.29 is 0 Å². The molecule has 9 heavy (non-hydrogen) atoms. The van der Waals surface area contributed by atoms with Crippen molar-refractivity contribution in [1.29, 1.82) is 5.41 Å². The molecule has 0 spiro atoms. The van der Waals surface area contributed by atoms with Gasteiger partial charge in [0.05, 0.1) is 5.70 Å². The van der Waals surface area contributed by atoms with Crippen molar-refractivity contribution in [2.24, 2.45) is 5.18 Å². The Hall–Kier alpha value is -0.990. The number of hydrogen-bond donors (Lipinski definition) is 1. The van der Waals surface area contributed by atoms with E-state index >= 15 is 0 Å². The Kier molecular flexibility index (Phi) is 1.72. The maximum Gasteiger partial charge on any atom is 0.0866 e. The first-order chi connectivity index (χ1) is 4.33. The van der Waals surface area contributed by atoms with Gasteiger partial charge in [0.1, 0.15) is 0 Å². The Morgan fingerprint density at radius 1 is 1.56 bits per heavy atom. The van der Waals surface area contributed by atoms with Gasteiger partial charge in [-0.15, -0.1) is 4.91 Å². The monoisotopic (exact) mass is 124 g/mol. The first kappa shape index (κ1) is 6.13. The molecule has 0 saturated carbocycles. The summed E-state index contributed by atoms with van der Waals surface area (Å²) in [6.07, 6.45) is 3.98. The van der Waals surface area contributed by atoms with Crippen molar-refractivity contribution >= 4 is 5.71 Å². The summed E-state index contributed by atoms with van der Waals surface area (Å²) < 4.78 is 0. The maximum atomic E-state index is 9.89. The molecule has 0 amide bonds. The predicted molar refractivity (Wildman–Crippen MR) is 35.5 cm³/mol. The van der Waals surface area contributed by atoms with Crippen molar-refractivity contribution in [1.82, 2.24) is 0 Å². The van der Waals surface area contributed by atoms with E-state index in [0.29, 0.717) is 11.4 Å². The molecule has 0 aromatic carbocycles. The van der Waals surface area contributed by atoms with Crippen molar-refractivity contribution in [2.75, 3.05) is 0 Å². The summed E-state index contributed by atoms with van der Waals surface area (Å²) in [5.74, 6) is 0. The Morgan fingerprint density at radius 3 is 2.78 bits per heavy atom. The molecule has 1 N–H and O–H groups in total. The van der Waals surface area contributed by atoms with Gasteiger partial charge in [-0.25, -0.2) is 0 Å². The highest BCUT2D eigenvalue weighted by Crippen LogP contribution is 2.15. The topological polar surface area (TPSA) is 53.3 Å². The van der Waals surface area contributed by atoms with E-state index in [1.165, 1.54) is 0 Å². The van der Waals surface area contributed by atoms with Gasteiger partial charge in [-0.05, 0) is 30.5 Å². The van der Waals surface area contributed by atoms with Crippen LogP contribution < -0.4 is 0 Å². The fourth-order valence-corrected chi connectivity index (χ4v) is 0.877. The molecule has 1 aliphatic rings. The SMILES string of the molecule is N=C1C=C(N=O)CCC1. The molecule has 0 fully saturated rings. The third-order valence-corrected chi connectivity index (χ3v) is 1.34. The second-order valence-corrected chi connectivity index (χ2v) is 2.11. The van der Waals surface area contributed by atoms with Crippen LogP contribution in [0.3, 0.4) is 0 Å². The number of nitroso groups, excluding NO2 is 1. The molecule has 1 aliphatic carbocycles. The number of nitrogens with one attached hydrogen (secondary N) is 1. The van der Waals surface area contributed by atoms with Crippen molar-refractivity contribution in [3.63, 3.8) is 0 Å². The van der Waals surface area contributed by atoms with E-state index in [-0.39, 0.29) is 0 Å². The third-order valence-electron chi connectivity index (χ3n) is 1.34. The minimum atomic E-state index is 0.520. The molecule has 3 nitrogen and oxygen atoms in total. The highest BCUT2D eigenvalue weighted by atomic mass is 16.3. The lowest BCUT2D eigenvalue weighted by Crippen LogP contribution is -1.99. The van der Waals surface area contributed by atoms with E-state index in [1.54, 1.807) is 6.08 Å². The lowest BCUT2D eigenvalue weighted by molar-refractivity contribution is 0.822. The molecule has 0 heterocycles. The van der Waals surface area contributed by atoms with Crippen LogP contribution in [-0.4, -0.2) is 5.71 Å². The van der Waals surface area contributed by atoms with E-state index in [2.05, 4.69) is 5.18 Å². The highest BCUT2D eigenvalue weighted by Gasteiger charge is 2.06. The Labute approximate surface area is 53.2 Å². The van der Waals surface area contributed by atoms with Crippen LogP contribution in [-0.2, 0) is 0 Å². The summed E-state index contributed by atoms with van der Waals surface area (Å²) in [5.41, 5.74) is 1.04. The number of hydrogen-bond acceptors (Lipinski definition) is 3. The van der Waals surface area contributed by atoms with Gasteiger partial charge in [0.2, 0.25) is 0 Å². The standard InChI is InChI=1S/C6H8N2O/c7-5-2-1-3-6(4-5)8-9/h4,7H,1-3H2. The van der Waals surface area contributed by atoms with Gasteiger partial charge < -0.3 is 5.41 Å². The fraction of sp³-hybridized carbons (Fsp3) is 0.500. The summed E-state index contributed by atoms with van der Waals surface area (Å²) in [7, 11) is 0. The lowest BCUT2D eigenvalue weighted by Gasteiger charge is -2.05. The molecule has 0 saturated heterocycles. The van der Waals surface area contributed by atoms with Gasteiger partial charge in [0.25, 0.3) is 0 Å². The van der Waals surface area contributed by atoms with E-state index in [4.69, 9.17) is 5.41 Å². The van der Waals surface area contributed by atoms with Crippen molar-refractivity contribution in [3.8, 4) is 0 Å². The lowest BCUT2D eigenvalue weighted by atomic mass is 10.0. The summed E-state index contributed by atoms with van der Waals surface area (Å²) in [6, 6.07) is 0. The molecule has 1 rings (SSSR count). The van der Waals surface area contributed by atoms with Crippen LogP contribution in [0, 0.1) is 10.3 Å². The number of nitrogens with zero attached hydrogens (tertiary/aromatic N) is 1. The van der Waals surface area contributed by atoms with E-state index < -0.39 is 0 Å². The smallest absolute Gasteiger partial charge is 0.0866 e. The Morgan fingerprint density at radius 2 is 2.33 bits per heavy atom. The molecular weight excluding hydrogens is 116 g/mol. The molecule has 3 heteroatoms. The fourth-order valence-electron chi connectivity index (χ4n) is 0.877. The molecule has 0 aliphatic heterocycles. The molecule has 0 aromatic heterocycles. The van der Waals surface area contributed by atoms with Crippen molar-refractivity contribution in [3.05, 3.63) is 16.7 Å². The molecule has 0 radical (unpaired) electrons. The molecule has 0 bridgehead atoms. The second kappa shape index (κ2) is 2.53. The van der Waals surface area contributed by atoms with Gasteiger partial charge in [-0.3, -0.25) is 0 Å². The van der Waals surface area contributed by atoms with Gasteiger partial charge in [-0.2, -0.15) is 0 Å². The predicted octanol–water partition coefficient (Wildman–Crippen LogP) is 1.84. The van der Waals surface area contributed by atoms with Crippen molar-refractivity contribution in [2.45, 2.75) is 19.3 Å². The van der Waals surface area contributed by atoms with Crippen LogP contribution in [0.15, 0.2) is 16.9 Å². The Balaban J connectivity index is 2.70. The summed E-state index contributed by atoms with van der Waals surface area (Å²) in [5, 5.41) is 9.92. The van der Waals surface area contributed by atoms with E-state index in [9.17, 15) is 4.91 Å². The zero-order valence-corrected chi connectivity index (χ0v) is 5.05. The molecule has 0 aromatic rings. The quantitative estimate of drug-likeness (QED) is 0.533. The number of rotatable bonds is 1. The van der Waals surface area contributed by atoms with Crippen LogP contribution in [0.2, 0.25) is 0 Å². The van der Waals surface area contributed by atoms with Crippen LogP contribution in [0.4, 0.5) is 0 Å². The minimum absolute atomic E-state index is 0.520. The number of allylic oxidation sites excluding steroid dienone is 2. The molecule has 48 valence electrons. The van der Waals surface area contributed by atoms with Gasteiger partial charge in [0, 0.05) is 5.71 Å². The zero-order chi connectivity index (χ0) is 6.69. The van der Waals surface area contributed by atoms with Crippen LogP contribution in [0.5, 0.6) is 0 Å². The zero-order valence-electron chi connectivity index (χ0n) is 5.05. The van der Waals surface area contributed by atoms with Gasteiger partial charge in [-0.1, -0.05) is 0 Å². The molecule has 0 atom stereocenters. The van der Waals surface area contributed by atoms with Gasteiger partial charge >= 0.3 is 0 Å².